The number of carbonyl (C=O) groups is 1. The Morgan fingerprint density at radius 3 is 3.11 bits per heavy atom. The highest BCUT2D eigenvalue weighted by atomic mass is 19.1. The number of amides is 1. The largest absolute Gasteiger partial charge is 0.353 e. The molecule has 1 unspecified atom stereocenters. The number of fused-ring (bicyclic) bond motifs is 1. The fraction of sp³-hybridized carbons (Fsp3) is 0.385. The van der Waals surface area contributed by atoms with Crippen molar-refractivity contribution in [3.05, 3.63) is 29.8 Å². The van der Waals surface area contributed by atoms with Crippen LogP contribution in [0.1, 0.15) is 5.82 Å². The number of aryl methyl sites for hydroxylation is 1. The smallest absolute Gasteiger partial charge is 0.237 e. The molecule has 1 aromatic heterocycles. The van der Waals surface area contributed by atoms with Gasteiger partial charge >= 0.3 is 0 Å². The average molecular weight is 262 g/mol. The van der Waals surface area contributed by atoms with E-state index < -0.39 is 0 Å². The number of nitrogens with zero attached hydrogens (tertiary/aromatic N) is 2. The number of aromatic nitrogens is 2. The number of nitrogens with one attached hydrogen (secondary N) is 2. The lowest BCUT2D eigenvalue weighted by Gasteiger charge is -2.23. The van der Waals surface area contributed by atoms with Crippen LogP contribution in [0.4, 0.5) is 4.39 Å². The third-order valence-corrected chi connectivity index (χ3v) is 3.45. The summed E-state index contributed by atoms with van der Waals surface area (Å²) in [5, 5.41) is 5.98. The van der Waals surface area contributed by atoms with Crippen molar-refractivity contribution in [2.75, 3.05) is 13.1 Å². The topological polar surface area (TPSA) is 59.0 Å². The standard InChI is InChI=1S/C13H15FN4O/c1-18-11-6-8(14)2-3-9(11)17-12(18)7-10-13(19)16-5-4-15-10/h2-3,6,10,15H,4-5,7H2,1H3,(H,16,19). The van der Waals surface area contributed by atoms with Gasteiger partial charge in [0.15, 0.2) is 0 Å². The molecule has 19 heavy (non-hydrogen) atoms. The Morgan fingerprint density at radius 2 is 2.32 bits per heavy atom. The van der Waals surface area contributed by atoms with E-state index in [2.05, 4.69) is 15.6 Å². The van der Waals surface area contributed by atoms with E-state index in [1.807, 2.05) is 11.6 Å². The number of piperazine rings is 1. The Morgan fingerprint density at radius 1 is 1.47 bits per heavy atom. The number of rotatable bonds is 2. The fourth-order valence-corrected chi connectivity index (χ4v) is 2.39. The van der Waals surface area contributed by atoms with E-state index >= 15 is 0 Å². The highest BCUT2D eigenvalue weighted by Gasteiger charge is 2.23. The van der Waals surface area contributed by atoms with Gasteiger partial charge in [-0.15, -0.1) is 0 Å². The summed E-state index contributed by atoms with van der Waals surface area (Å²) in [6.07, 6.45) is 0.499. The second-order valence-electron chi connectivity index (χ2n) is 4.72. The van der Waals surface area contributed by atoms with Gasteiger partial charge in [0.1, 0.15) is 11.6 Å². The van der Waals surface area contributed by atoms with Gasteiger partial charge in [-0.05, 0) is 18.2 Å². The molecule has 0 aliphatic carbocycles. The molecule has 1 aliphatic rings. The number of halogens is 1. The average Bonchev–Trinajstić information content (AvgIpc) is 2.70. The van der Waals surface area contributed by atoms with Crippen molar-refractivity contribution >= 4 is 16.9 Å². The molecule has 1 amide bonds. The van der Waals surface area contributed by atoms with Crippen molar-refractivity contribution in [3.63, 3.8) is 0 Å². The minimum atomic E-state index is -0.282. The van der Waals surface area contributed by atoms with Crippen molar-refractivity contribution in [2.24, 2.45) is 7.05 Å². The highest BCUT2D eigenvalue weighted by molar-refractivity contribution is 5.83. The lowest BCUT2D eigenvalue weighted by molar-refractivity contribution is -0.124. The Labute approximate surface area is 109 Å². The molecular formula is C13H15FN4O. The molecular weight excluding hydrogens is 247 g/mol. The van der Waals surface area contributed by atoms with E-state index in [1.54, 1.807) is 6.07 Å². The summed E-state index contributed by atoms with van der Waals surface area (Å²) in [6.45, 7) is 1.41. The van der Waals surface area contributed by atoms with Crippen molar-refractivity contribution < 1.29 is 9.18 Å². The maximum atomic E-state index is 13.2. The monoisotopic (exact) mass is 262 g/mol. The van der Waals surface area contributed by atoms with Crippen LogP contribution >= 0.6 is 0 Å². The molecule has 1 atom stereocenters. The second-order valence-corrected chi connectivity index (χ2v) is 4.72. The summed E-state index contributed by atoms with van der Waals surface area (Å²) in [6, 6.07) is 4.24. The maximum absolute atomic E-state index is 13.2. The van der Waals surface area contributed by atoms with E-state index in [9.17, 15) is 9.18 Å². The van der Waals surface area contributed by atoms with Crippen LogP contribution in [-0.4, -0.2) is 34.6 Å². The molecule has 0 radical (unpaired) electrons. The highest BCUT2D eigenvalue weighted by Crippen LogP contribution is 2.17. The van der Waals surface area contributed by atoms with Crippen LogP contribution in [0.5, 0.6) is 0 Å². The Bertz CT molecular complexity index is 637. The Balaban J connectivity index is 1.92. The molecule has 0 saturated carbocycles. The van der Waals surface area contributed by atoms with Crippen molar-refractivity contribution in [3.8, 4) is 0 Å². The van der Waals surface area contributed by atoms with Gasteiger partial charge in [0.2, 0.25) is 5.91 Å². The quantitative estimate of drug-likeness (QED) is 0.820. The van der Waals surface area contributed by atoms with Gasteiger partial charge in [0, 0.05) is 26.6 Å². The van der Waals surface area contributed by atoms with E-state index in [4.69, 9.17) is 0 Å². The molecule has 1 aromatic carbocycles. The van der Waals surface area contributed by atoms with Gasteiger partial charge in [-0.1, -0.05) is 0 Å². The number of benzene rings is 1. The van der Waals surface area contributed by atoms with Gasteiger partial charge in [0.05, 0.1) is 17.1 Å². The summed E-state index contributed by atoms with van der Waals surface area (Å²) < 4.78 is 15.1. The molecule has 6 heteroatoms. The van der Waals surface area contributed by atoms with Crippen LogP contribution in [0.2, 0.25) is 0 Å². The third-order valence-electron chi connectivity index (χ3n) is 3.45. The fourth-order valence-electron chi connectivity index (χ4n) is 2.39. The molecule has 1 fully saturated rings. The number of hydrogen-bond donors (Lipinski definition) is 2. The summed E-state index contributed by atoms with van der Waals surface area (Å²) in [5.41, 5.74) is 1.49. The lowest BCUT2D eigenvalue weighted by Crippen LogP contribution is -2.53. The van der Waals surface area contributed by atoms with E-state index in [-0.39, 0.29) is 17.8 Å². The van der Waals surface area contributed by atoms with E-state index in [1.165, 1.54) is 12.1 Å². The van der Waals surface area contributed by atoms with Gasteiger partial charge < -0.3 is 15.2 Å². The zero-order valence-corrected chi connectivity index (χ0v) is 10.6. The Hall–Kier alpha value is -1.95. The predicted molar refractivity (Wildman–Crippen MR) is 69.2 cm³/mol. The summed E-state index contributed by atoms with van der Waals surface area (Å²) in [4.78, 5) is 16.2. The molecule has 0 spiro atoms. The van der Waals surface area contributed by atoms with Crippen LogP contribution < -0.4 is 10.6 Å². The van der Waals surface area contributed by atoms with Gasteiger partial charge in [-0.3, -0.25) is 4.79 Å². The Kier molecular flexibility index (Phi) is 2.94. The summed E-state index contributed by atoms with van der Waals surface area (Å²) in [5.74, 6) is 0.482. The van der Waals surface area contributed by atoms with Crippen LogP contribution in [0.25, 0.3) is 11.0 Å². The molecule has 100 valence electrons. The first-order valence-electron chi connectivity index (χ1n) is 6.27. The zero-order valence-electron chi connectivity index (χ0n) is 10.6. The van der Waals surface area contributed by atoms with Gasteiger partial charge in [-0.2, -0.15) is 0 Å². The molecule has 2 N–H and O–H groups in total. The minimum absolute atomic E-state index is 0.00973. The normalized spacial score (nSPS) is 19.7. The number of imidazole rings is 1. The molecule has 0 bridgehead atoms. The molecule has 1 saturated heterocycles. The van der Waals surface area contributed by atoms with Crippen molar-refractivity contribution in [1.29, 1.82) is 0 Å². The van der Waals surface area contributed by atoms with E-state index in [0.29, 0.717) is 13.0 Å². The first kappa shape index (κ1) is 12.1. The van der Waals surface area contributed by atoms with Gasteiger partial charge in [-0.25, -0.2) is 9.37 Å². The van der Waals surface area contributed by atoms with Crippen LogP contribution in [0.3, 0.4) is 0 Å². The minimum Gasteiger partial charge on any atom is -0.353 e. The lowest BCUT2D eigenvalue weighted by atomic mass is 10.1. The molecule has 2 heterocycles. The second kappa shape index (κ2) is 4.62. The summed E-state index contributed by atoms with van der Waals surface area (Å²) >= 11 is 0. The molecule has 5 nitrogen and oxygen atoms in total. The number of carbonyl (C=O) groups excluding carboxylic acids is 1. The van der Waals surface area contributed by atoms with Crippen molar-refractivity contribution in [2.45, 2.75) is 12.5 Å². The van der Waals surface area contributed by atoms with Crippen molar-refractivity contribution in [1.82, 2.24) is 20.2 Å². The first-order chi connectivity index (χ1) is 9.15. The zero-order chi connectivity index (χ0) is 13.4. The molecule has 2 aromatic rings. The SMILES string of the molecule is Cn1c(CC2NCCNC2=O)nc2ccc(F)cc21. The third kappa shape index (κ3) is 2.19. The first-order valence-corrected chi connectivity index (χ1v) is 6.27. The number of hydrogen-bond acceptors (Lipinski definition) is 3. The van der Waals surface area contributed by atoms with Crippen LogP contribution in [0, 0.1) is 5.82 Å². The van der Waals surface area contributed by atoms with Gasteiger partial charge in [0.25, 0.3) is 0 Å². The molecule has 1 aliphatic heterocycles. The predicted octanol–water partition coefficient (Wildman–Crippen LogP) is 0.343. The molecule has 3 rings (SSSR count). The maximum Gasteiger partial charge on any atom is 0.237 e. The van der Waals surface area contributed by atoms with E-state index in [0.717, 1.165) is 23.4 Å². The summed E-state index contributed by atoms with van der Waals surface area (Å²) in [7, 11) is 1.84. The van der Waals surface area contributed by atoms with Crippen LogP contribution in [0.15, 0.2) is 18.2 Å². The van der Waals surface area contributed by atoms with Crippen LogP contribution in [-0.2, 0) is 18.3 Å².